The quantitative estimate of drug-likeness (QED) is 0.276. The second kappa shape index (κ2) is 10.7. The number of H-pyrrole nitrogens is 1. The molecule has 2 aliphatic rings. The molecule has 11 nitrogen and oxygen atoms in total. The summed E-state index contributed by atoms with van der Waals surface area (Å²) in [5.74, 6) is -0.705. The summed E-state index contributed by atoms with van der Waals surface area (Å²) in [6.07, 6.45) is 0.886. The molecule has 2 heterocycles. The van der Waals surface area contributed by atoms with Gasteiger partial charge in [-0.2, -0.15) is 5.10 Å². The van der Waals surface area contributed by atoms with Crippen molar-refractivity contribution in [2.24, 2.45) is 11.8 Å². The molecule has 4 aromatic rings. The van der Waals surface area contributed by atoms with Crippen LogP contribution < -0.4 is 24.3 Å². The average Bonchev–Trinajstić information content (AvgIpc) is 3.64. The van der Waals surface area contributed by atoms with Crippen molar-refractivity contribution < 1.29 is 38.4 Å². The Morgan fingerprint density at radius 2 is 1.76 bits per heavy atom. The van der Waals surface area contributed by atoms with E-state index in [1.807, 2.05) is 36.4 Å². The van der Waals surface area contributed by atoms with Gasteiger partial charge in [0.05, 0.1) is 32.4 Å². The fourth-order valence-corrected chi connectivity index (χ4v) is 6.02. The molecule has 1 aliphatic heterocycles. The van der Waals surface area contributed by atoms with Crippen LogP contribution in [-0.4, -0.2) is 62.2 Å². The zero-order valence-electron chi connectivity index (χ0n) is 22.7. The lowest BCUT2D eigenvalue weighted by atomic mass is 9.64. The summed E-state index contributed by atoms with van der Waals surface area (Å²) in [6.45, 7) is 0.227. The fraction of sp³-hybridized carbons (Fsp3) is 0.300. The number of aromatic amines is 1. The summed E-state index contributed by atoms with van der Waals surface area (Å²) < 4.78 is 27.8. The van der Waals surface area contributed by atoms with Crippen molar-refractivity contribution in [3.05, 3.63) is 70.9 Å². The molecule has 0 saturated heterocycles. The number of aromatic hydroxyl groups is 1. The molecular weight excluding hydrogens is 530 g/mol. The van der Waals surface area contributed by atoms with Gasteiger partial charge in [0.1, 0.15) is 6.29 Å². The lowest BCUT2D eigenvalue weighted by Crippen LogP contribution is -2.45. The number of carbonyl (C=O) groups excluding carboxylic acids is 2. The first-order valence-corrected chi connectivity index (χ1v) is 13.1. The van der Waals surface area contributed by atoms with E-state index in [0.29, 0.717) is 22.4 Å². The number of aldehydes is 1. The molecule has 0 bridgehead atoms. The van der Waals surface area contributed by atoms with E-state index < -0.39 is 29.7 Å². The van der Waals surface area contributed by atoms with Crippen molar-refractivity contribution in [3.8, 4) is 28.7 Å². The summed E-state index contributed by atoms with van der Waals surface area (Å²) in [4.78, 5) is 26.6. The normalized spacial score (nSPS) is 20.9. The summed E-state index contributed by atoms with van der Waals surface area (Å²) in [6, 6.07) is 13.8. The second-order valence-corrected chi connectivity index (χ2v) is 9.99. The van der Waals surface area contributed by atoms with Gasteiger partial charge in [-0.3, -0.25) is 9.89 Å². The number of phenolic OH excluding ortho intramolecular Hbond substituents is 1. The lowest BCUT2D eigenvalue weighted by Gasteiger charge is -2.42. The van der Waals surface area contributed by atoms with Crippen LogP contribution in [0.1, 0.15) is 39.1 Å². The highest BCUT2D eigenvalue weighted by atomic mass is 16.7. The Morgan fingerprint density at radius 1 is 1.07 bits per heavy atom. The number of carbonyl (C=O) groups is 2. The summed E-state index contributed by atoms with van der Waals surface area (Å²) in [5.41, 5.74) is 3.17. The van der Waals surface area contributed by atoms with Crippen molar-refractivity contribution in [2.45, 2.75) is 12.0 Å². The molecule has 6 rings (SSSR count). The molecule has 0 saturated carbocycles. The van der Waals surface area contributed by atoms with Gasteiger partial charge < -0.3 is 38.9 Å². The lowest BCUT2D eigenvalue weighted by molar-refractivity contribution is -0.114. The van der Waals surface area contributed by atoms with Crippen LogP contribution in [0.4, 0.5) is 0 Å². The van der Waals surface area contributed by atoms with Gasteiger partial charge in [0.2, 0.25) is 12.5 Å². The van der Waals surface area contributed by atoms with Crippen LogP contribution in [0.5, 0.6) is 28.7 Å². The van der Waals surface area contributed by atoms with Crippen LogP contribution in [0.15, 0.2) is 48.5 Å². The highest BCUT2D eigenvalue weighted by Gasteiger charge is 2.46. The molecule has 1 aromatic heterocycles. The van der Waals surface area contributed by atoms with Crippen molar-refractivity contribution in [1.82, 2.24) is 15.5 Å². The van der Waals surface area contributed by atoms with Gasteiger partial charge >= 0.3 is 0 Å². The molecule has 3 N–H and O–H groups in total. The number of ether oxygens (including phenoxy) is 5. The monoisotopic (exact) mass is 559 g/mol. The van der Waals surface area contributed by atoms with E-state index in [2.05, 4.69) is 15.5 Å². The van der Waals surface area contributed by atoms with Gasteiger partial charge in [0, 0.05) is 30.2 Å². The van der Waals surface area contributed by atoms with E-state index in [0.717, 1.165) is 22.9 Å². The second-order valence-electron chi connectivity index (χ2n) is 9.99. The van der Waals surface area contributed by atoms with Crippen LogP contribution in [0.2, 0.25) is 0 Å². The molecule has 11 heteroatoms. The van der Waals surface area contributed by atoms with Crippen LogP contribution in [0.3, 0.4) is 0 Å². The Balaban J connectivity index is 1.52. The third kappa shape index (κ3) is 4.38. The zero-order chi connectivity index (χ0) is 28.7. The first-order valence-electron chi connectivity index (χ1n) is 13.1. The molecule has 4 atom stereocenters. The van der Waals surface area contributed by atoms with Gasteiger partial charge in [0.15, 0.2) is 28.7 Å². The van der Waals surface area contributed by atoms with Crippen LogP contribution in [0.25, 0.3) is 10.9 Å². The van der Waals surface area contributed by atoms with Crippen LogP contribution in [-0.2, 0) is 9.53 Å². The SMILES string of the molecule is COCC1C(NC(=O)c2n[nH]c3ccccc23)c2cc3c(cc2[C@@H](c2cc(OC)c(O)c(OC)c2)[C@H]1C=O)OCO3. The number of aromatic nitrogens is 2. The van der Waals surface area contributed by atoms with Crippen molar-refractivity contribution in [3.63, 3.8) is 0 Å². The van der Waals surface area contributed by atoms with Gasteiger partial charge in [0.25, 0.3) is 5.91 Å². The summed E-state index contributed by atoms with van der Waals surface area (Å²) >= 11 is 0. The van der Waals surface area contributed by atoms with E-state index in [9.17, 15) is 14.7 Å². The first-order chi connectivity index (χ1) is 20.0. The minimum atomic E-state index is -0.650. The van der Waals surface area contributed by atoms with Gasteiger partial charge in [-0.05, 0) is 47.0 Å². The Labute approximate surface area is 235 Å². The van der Waals surface area contributed by atoms with Crippen LogP contribution >= 0.6 is 0 Å². The molecule has 1 aliphatic carbocycles. The number of nitrogens with one attached hydrogen (secondary N) is 2. The molecule has 0 radical (unpaired) electrons. The maximum absolute atomic E-state index is 13.7. The predicted molar refractivity (Wildman–Crippen MR) is 147 cm³/mol. The maximum atomic E-state index is 13.7. The number of amides is 1. The largest absolute Gasteiger partial charge is 0.502 e. The Hall–Kier alpha value is -4.77. The number of rotatable bonds is 8. The topological polar surface area (TPSA) is 141 Å². The van der Waals surface area contributed by atoms with E-state index in [4.69, 9.17) is 23.7 Å². The summed E-state index contributed by atoms with van der Waals surface area (Å²) in [7, 11) is 4.44. The molecule has 2 unspecified atom stereocenters. The van der Waals surface area contributed by atoms with E-state index in [-0.39, 0.29) is 36.3 Å². The van der Waals surface area contributed by atoms with Gasteiger partial charge in [-0.25, -0.2) is 0 Å². The molecule has 3 aromatic carbocycles. The van der Waals surface area contributed by atoms with Gasteiger partial charge in [-0.1, -0.05) is 18.2 Å². The van der Waals surface area contributed by atoms with Gasteiger partial charge in [-0.15, -0.1) is 0 Å². The first kappa shape index (κ1) is 26.5. The highest BCUT2D eigenvalue weighted by molar-refractivity contribution is 6.04. The molecule has 41 heavy (non-hydrogen) atoms. The number of hydrogen-bond acceptors (Lipinski definition) is 9. The average molecular weight is 560 g/mol. The van der Waals surface area contributed by atoms with Crippen LogP contribution in [0, 0.1) is 11.8 Å². The smallest absolute Gasteiger partial charge is 0.272 e. The number of phenols is 1. The number of methoxy groups -OCH3 is 3. The predicted octanol–water partition coefficient (Wildman–Crippen LogP) is 3.71. The standard InChI is InChI=1S/C30H29N3O8/c1-37-13-20-19(12-34)26(15-8-24(38-2)29(35)25(9-15)39-3)17-10-22-23(41-14-40-22)11-18(17)27(20)31-30(36)28-16-6-4-5-7-21(16)32-33-28/h4-12,19-20,26-27,35H,13-14H2,1-3H3,(H,31,36)(H,32,33)/t19-,20?,26+,27?/m0/s1. The number of para-hydroxylation sites is 1. The molecular formula is C30H29N3O8. The number of hydrogen-bond donors (Lipinski definition) is 3. The maximum Gasteiger partial charge on any atom is 0.272 e. The third-order valence-corrected chi connectivity index (χ3v) is 7.91. The van der Waals surface area contributed by atoms with Crippen molar-refractivity contribution >= 4 is 23.1 Å². The molecule has 0 spiro atoms. The fourth-order valence-electron chi connectivity index (χ4n) is 6.02. The Morgan fingerprint density at radius 3 is 2.41 bits per heavy atom. The minimum Gasteiger partial charge on any atom is -0.502 e. The molecule has 1 amide bonds. The zero-order valence-corrected chi connectivity index (χ0v) is 22.7. The number of nitrogens with zero attached hydrogens (tertiary/aromatic N) is 1. The number of fused-ring (bicyclic) bond motifs is 3. The Bertz CT molecular complexity index is 1610. The van der Waals surface area contributed by atoms with Crippen molar-refractivity contribution in [1.29, 1.82) is 0 Å². The summed E-state index contributed by atoms with van der Waals surface area (Å²) in [5, 5.41) is 21.5. The molecule has 0 fully saturated rings. The van der Waals surface area contributed by atoms with Crippen molar-refractivity contribution in [2.75, 3.05) is 34.7 Å². The van der Waals surface area contributed by atoms with E-state index >= 15 is 0 Å². The van der Waals surface area contributed by atoms with E-state index in [1.165, 1.54) is 14.2 Å². The number of benzene rings is 3. The minimum absolute atomic E-state index is 0.0542. The highest BCUT2D eigenvalue weighted by Crippen LogP contribution is 2.53. The molecule has 212 valence electrons. The Kier molecular flexibility index (Phi) is 6.88. The third-order valence-electron chi connectivity index (χ3n) is 7.91. The van der Waals surface area contributed by atoms with E-state index in [1.54, 1.807) is 19.2 Å².